The predicted octanol–water partition coefficient (Wildman–Crippen LogP) is 1.42. The molecule has 6 nitrogen and oxygen atoms in total. The van der Waals surface area contributed by atoms with Crippen LogP contribution in [0.4, 0.5) is 5.95 Å². The summed E-state index contributed by atoms with van der Waals surface area (Å²) >= 11 is 6.04. The van der Waals surface area contributed by atoms with Crippen molar-refractivity contribution in [1.82, 2.24) is 24.7 Å². The van der Waals surface area contributed by atoms with Crippen molar-refractivity contribution < 1.29 is 0 Å². The van der Waals surface area contributed by atoms with Crippen molar-refractivity contribution in [2.45, 2.75) is 26.7 Å². The van der Waals surface area contributed by atoms with E-state index in [-0.39, 0.29) is 5.95 Å². The van der Waals surface area contributed by atoms with Crippen LogP contribution in [0.3, 0.4) is 0 Å². The highest BCUT2D eigenvalue weighted by Crippen LogP contribution is 2.18. The van der Waals surface area contributed by atoms with Crippen LogP contribution in [-0.4, -0.2) is 24.7 Å². The first kappa shape index (κ1) is 11.8. The minimum Gasteiger partial charge on any atom is -0.368 e. The molecule has 90 valence electrons. The molecule has 0 atom stereocenters. The minimum atomic E-state index is 0.167. The Morgan fingerprint density at radius 2 is 2.06 bits per heavy atom. The van der Waals surface area contributed by atoms with Crippen LogP contribution in [0.5, 0.6) is 0 Å². The SMILES string of the molecule is CCc1nc(CC)n(-c2nc(N)ncc2Cl)n1. The maximum atomic E-state index is 6.04. The van der Waals surface area contributed by atoms with E-state index in [9.17, 15) is 0 Å². The normalized spacial score (nSPS) is 10.8. The van der Waals surface area contributed by atoms with Crippen molar-refractivity contribution in [1.29, 1.82) is 0 Å². The molecule has 0 saturated heterocycles. The second kappa shape index (κ2) is 4.67. The van der Waals surface area contributed by atoms with Crippen LogP contribution in [0.15, 0.2) is 6.20 Å². The average molecular weight is 253 g/mol. The van der Waals surface area contributed by atoms with Gasteiger partial charge in [-0.05, 0) is 0 Å². The van der Waals surface area contributed by atoms with Gasteiger partial charge in [-0.25, -0.2) is 9.97 Å². The maximum absolute atomic E-state index is 6.04. The summed E-state index contributed by atoms with van der Waals surface area (Å²) in [6, 6.07) is 0. The van der Waals surface area contributed by atoms with E-state index in [2.05, 4.69) is 20.1 Å². The van der Waals surface area contributed by atoms with Crippen LogP contribution in [0.25, 0.3) is 5.82 Å². The van der Waals surface area contributed by atoms with Gasteiger partial charge in [0.05, 0.1) is 6.20 Å². The summed E-state index contributed by atoms with van der Waals surface area (Å²) in [5.41, 5.74) is 5.55. The molecule has 0 fully saturated rings. The molecule has 0 aliphatic rings. The number of hydrogen-bond donors (Lipinski definition) is 1. The van der Waals surface area contributed by atoms with Gasteiger partial charge in [-0.2, -0.15) is 9.67 Å². The monoisotopic (exact) mass is 252 g/mol. The van der Waals surface area contributed by atoms with Gasteiger partial charge in [0, 0.05) is 12.8 Å². The Morgan fingerprint density at radius 1 is 1.29 bits per heavy atom. The van der Waals surface area contributed by atoms with Crippen molar-refractivity contribution in [3.05, 3.63) is 22.9 Å². The molecule has 17 heavy (non-hydrogen) atoms. The van der Waals surface area contributed by atoms with Crippen LogP contribution in [0.2, 0.25) is 5.02 Å². The van der Waals surface area contributed by atoms with Gasteiger partial charge in [0.1, 0.15) is 10.8 Å². The lowest BCUT2D eigenvalue weighted by atomic mass is 10.4. The zero-order chi connectivity index (χ0) is 12.4. The van der Waals surface area contributed by atoms with Crippen LogP contribution < -0.4 is 5.73 Å². The minimum absolute atomic E-state index is 0.167. The summed E-state index contributed by atoms with van der Waals surface area (Å²) < 4.78 is 1.62. The lowest BCUT2D eigenvalue weighted by Crippen LogP contribution is -2.08. The molecule has 2 N–H and O–H groups in total. The first-order chi connectivity index (χ1) is 8.15. The largest absolute Gasteiger partial charge is 0.368 e. The van der Waals surface area contributed by atoms with Gasteiger partial charge < -0.3 is 5.73 Å². The van der Waals surface area contributed by atoms with Crippen LogP contribution in [0.1, 0.15) is 25.5 Å². The molecule has 0 bridgehead atoms. The summed E-state index contributed by atoms with van der Waals surface area (Å²) in [6.45, 7) is 3.99. The van der Waals surface area contributed by atoms with Crippen molar-refractivity contribution in [3.8, 4) is 5.82 Å². The molecule has 2 aromatic rings. The molecule has 7 heteroatoms. The molecule has 2 rings (SSSR count). The number of nitrogens with two attached hydrogens (primary N) is 1. The summed E-state index contributed by atoms with van der Waals surface area (Å²) in [7, 11) is 0. The molecule has 2 heterocycles. The maximum Gasteiger partial charge on any atom is 0.222 e. The molecule has 2 aromatic heterocycles. The van der Waals surface area contributed by atoms with E-state index in [4.69, 9.17) is 17.3 Å². The second-order valence-electron chi connectivity index (χ2n) is 3.46. The summed E-state index contributed by atoms with van der Waals surface area (Å²) in [5, 5.41) is 4.75. The highest BCUT2D eigenvalue weighted by Gasteiger charge is 2.13. The zero-order valence-electron chi connectivity index (χ0n) is 9.68. The Hall–Kier alpha value is -1.69. The number of rotatable bonds is 3. The van der Waals surface area contributed by atoms with Crippen molar-refractivity contribution in [3.63, 3.8) is 0 Å². The number of anilines is 1. The Balaban J connectivity index is 2.58. The number of halogens is 1. The molecule has 0 saturated carbocycles. The third-order valence-corrected chi connectivity index (χ3v) is 2.56. The zero-order valence-corrected chi connectivity index (χ0v) is 10.4. The third-order valence-electron chi connectivity index (χ3n) is 2.30. The van der Waals surface area contributed by atoms with E-state index in [0.29, 0.717) is 10.8 Å². The number of aryl methyl sites for hydroxylation is 2. The molecule has 0 amide bonds. The van der Waals surface area contributed by atoms with Gasteiger partial charge in [0.15, 0.2) is 11.6 Å². The number of nitrogens with zero attached hydrogens (tertiary/aromatic N) is 5. The molecular weight excluding hydrogens is 240 g/mol. The summed E-state index contributed by atoms with van der Waals surface area (Å²) in [5.74, 6) is 2.21. The second-order valence-corrected chi connectivity index (χ2v) is 3.87. The topological polar surface area (TPSA) is 82.5 Å². The van der Waals surface area contributed by atoms with Crippen molar-refractivity contribution in [2.75, 3.05) is 5.73 Å². The van der Waals surface area contributed by atoms with E-state index in [1.54, 1.807) is 4.68 Å². The van der Waals surface area contributed by atoms with Crippen molar-refractivity contribution in [2.24, 2.45) is 0 Å². The highest BCUT2D eigenvalue weighted by molar-refractivity contribution is 6.32. The van der Waals surface area contributed by atoms with Gasteiger partial charge in [0.25, 0.3) is 0 Å². The lowest BCUT2D eigenvalue weighted by Gasteiger charge is -2.05. The van der Waals surface area contributed by atoms with Gasteiger partial charge >= 0.3 is 0 Å². The fourth-order valence-electron chi connectivity index (χ4n) is 1.46. The molecule has 0 unspecified atom stereocenters. The molecule has 0 aliphatic heterocycles. The van der Waals surface area contributed by atoms with Crippen molar-refractivity contribution >= 4 is 17.5 Å². The fraction of sp³-hybridized carbons (Fsp3) is 0.400. The average Bonchev–Trinajstić information content (AvgIpc) is 2.75. The van der Waals surface area contributed by atoms with E-state index in [0.717, 1.165) is 24.5 Å². The Kier molecular flexibility index (Phi) is 3.23. The van der Waals surface area contributed by atoms with E-state index < -0.39 is 0 Å². The van der Waals surface area contributed by atoms with Gasteiger partial charge in [-0.1, -0.05) is 25.4 Å². The first-order valence-electron chi connectivity index (χ1n) is 5.38. The van der Waals surface area contributed by atoms with E-state index >= 15 is 0 Å². The van der Waals surface area contributed by atoms with Crippen LogP contribution >= 0.6 is 11.6 Å². The van der Waals surface area contributed by atoms with Crippen LogP contribution in [0, 0.1) is 0 Å². The Bertz CT molecular complexity index is 536. The summed E-state index contributed by atoms with van der Waals surface area (Å²) in [6.07, 6.45) is 2.97. The number of nitrogen functional groups attached to an aromatic ring is 1. The highest BCUT2D eigenvalue weighted by atomic mass is 35.5. The third kappa shape index (κ3) is 2.21. The Morgan fingerprint density at radius 3 is 2.71 bits per heavy atom. The standard InChI is InChI=1S/C10H13ClN6/c1-3-7-14-8(4-2)17(16-7)9-6(11)5-13-10(12)15-9/h5H,3-4H2,1-2H3,(H2,12,13,15). The van der Waals surface area contributed by atoms with Gasteiger partial charge in [0.2, 0.25) is 5.95 Å². The molecule has 0 spiro atoms. The fourth-order valence-corrected chi connectivity index (χ4v) is 1.63. The summed E-state index contributed by atoms with van der Waals surface area (Å²) in [4.78, 5) is 12.3. The molecule has 0 radical (unpaired) electrons. The van der Waals surface area contributed by atoms with Gasteiger partial charge in [-0.3, -0.25) is 0 Å². The van der Waals surface area contributed by atoms with Crippen LogP contribution in [-0.2, 0) is 12.8 Å². The quantitative estimate of drug-likeness (QED) is 0.893. The van der Waals surface area contributed by atoms with Gasteiger partial charge in [-0.15, -0.1) is 5.10 Å². The number of aromatic nitrogens is 5. The predicted molar refractivity (Wildman–Crippen MR) is 65.1 cm³/mol. The lowest BCUT2D eigenvalue weighted by molar-refractivity contribution is 0.767. The molecule has 0 aromatic carbocycles. The molecule has 0 aliphatic carbocycles. The van der Waals surface area contributed by atoms with E-state index in [1.165, 1.54) is 6.20 Å². The molecular formula is C10H13ClN6. The first-order valence-corrected chi connectivity index (χ1v) is 5.76. The Labute approximate surface area is 104 Å². The smallest absolute Gasteiger partial charge is 0.222 e. The number of hydrogen-bond acceptors (Lipinski definition) is 5. The van der Waals surface area contributed by atoms with E-state index in [1.807, 2.05) is 13.8 Å².